The van der Waals surface area contributed by atoms with Gasteiger partial charge in [0.2, 0.25) is 5.91 Å². The summed E-state index contributed by atoms with van der Waals surface area (Å²) < 4.78 is 1.20. The summed E-state index contributed by atoms with van der Waals surface area (Å²) in [6.07, 6.45) is 0.748. The molecule has 0 bridgehead atoms. The van der Waals surface area contributed by atoms with E-state index in [-0.39, 0.29) is 18.0 Å². The van der Waals surface area contributed by atoms with Crippen LogP contribution in [0.25, 0.3) is 11.3 Å². The van der Waals surface area contributed by atoms with Gasteiger partial charge in [-0.2, -0.15) is 5.10 Å². The highest BCUT2D eigenvalue weighted by atomic mass is 16.2. The maximum Gasteiger partial charge on any atom is 0.267 e. The Morgan fingerprint density at radius 2 is 1.73 bits per heavy atom. The van der Waals surface area contributed by atoms with Gasteiger partial charge in [-0.15, -0.1) is 0 Å². The van der Waals surface area contributed by atoms with Crippen LogP contribution in [0, 0.1) is 6.92 Å². The molecule has 0 spiro atoms. The molecule has 1 aromatic heterocycles. The molecule has 132 valence electrons. The molecule has 0 aliphatic heterocycles. The molecule has 3 aromatic rings. The molecule has 5 nitrogen and oxygen atoms in total. The van der Waals surface area contributed by atoms with E-state index in [1.54, 1.807) is 6.07 Å². The quantitative estimate of drug-likeness (QED) is 0.745. The highest BCUT2D eigenvalue weighted by Crippen LogP contribution is 2.13. The number of aryl methyl sites for hydroxylation is 1. The van der Waals surface area contributed by atoms with E-state index in [9.17, 15) is 9.59 Å². The lowest BCUT2D eigenvalue weighted by Gasteiger charge is -2.08. The van der Waals surface area contributed by atoms with Gasteiger partial charge in [-0.1, -0.05) is 60.2 Å². The summed E-state index contributed by atoms with van der Waals surface area (Å²) in [5.41, 5.74) is 3.65. The smallest absolute Gasteiger partial charge is 0.267 e. The molecule has 0 unspecified atom stereocenters. The van der Waals surface area contributed by atoms with E-state index in [4.69, 9.17) is 0 Å². The first-order valence-electron chi connectivity index (χ1n) is 8.58. The van der Waals surface area contributed by atoms with Gasteiger partial charge in [-0.3, -0.25) is 9.59 Å². The number of hydrogen-bond acceptors (Lipinski definition) is 3. The summed E-state index contributed by atoms with van der Waals surface area (Å²) in [6, 6.07) is 20.9. The molecule has 5 heteroatoms. The summed E-state index contributed by atoms with van der Waals surface area (Å²) in [6.45, 7) is 2.47. The molecule has 0 aliphatic rings. The number of nitrogens with one attached hydrogen (secondary N) is 1. The summed E-state index contributed by atoms with van der Waals surface area (Å²) >= 11 is 0. The van der Waals surface area contributed by atoms with Gasteiger partial charge in [0, 0.05) is 18.2 Å². The number of rotatable bonds is 6. The first-order valence-corrected chi connectivity index (χ1v) is 8.58. The van der Waals surface area contributed by atoms with E-state index in [0.717, 1.165) is 17.5 Å². The Hall–Kier alpha value is -3.21. The van der Waals surface area contributed by atoms with Crippen molar-refractivity contribution in [2.45, 2.75) is 19.9 Å². The third kappa shape index (κ3) is 4.66. The van der Waals surface area contributed by atoms with Crippen LogP contribution >= 0.6 is 0 Å². The molecule has 1 amide bonds. The van der Waals surface area contributed by atoms with Gasteiger partial charge < -0.3 is 5.32 Å². The Morgan fingerprint density at radius 1 is 1.00 bits per heavy atom. The second-order valence-corrected chi connectivity index (χ2v) is 6.17. The number of hydrogen-bond donors (Lipinski definition) is 1. The standard InChI is InChI=1S/C21H21N3O2/c1-16-7-9-17(10-8-16)13-14-22-20(25)15-24-21(26)12-11-19(23-24)18-5-3-2-4-6-18/h2-12H,13-15H2,1H3,(H,22,25). The molecule has 0 fully saturated rings. The molecule has 3 rings (SSSR count). The Balaban J connectivity index is 1.60. The van der Waals surface area contributed by atoms with Gasteiger partial charge in [-0.05, 0) is 25.0 Å². The van der Waals surface area contributed by atoms with Crippen molar-refractivity contribution in [3.63, 3.8) is 0 Å². The van der Waals surface area contributed by atoms with Crippen molar-refractivity contribution in [3.05, 3.63) is 88.2 Å². The zero-order chi connectivity index (χ0) is 18.4. The van der Waals surface area contributed by atoms with Gasteiger partial charge in [0.1, 0.15) is 6.54 Å². The Kier molecular flexibility index (Phi) is 5.59. The van der Waals surface area contributed by atoms with Crippen LogP contribution in [0.2, 0.25) is 0 Å². The monoisotopic (exact) mass is 347 g/mol. The highest BCUT2D eigenvalue weighted by Gasteiger charge is 2.07. The van der Waals surface area contributed by atoms with Crippen LogP contribution in [0.3, 0.4) is 0 Å². The lowest BCUT2D eigenvalue weighted by molar-refractivity contribution is -0.121. The third-order valence-electron chi connectivity index (χ3n) is 4.09. The van der Waals surface area contributed by atoms with Crippen molar-refractivity contribution >= 4 is 5.91 Å². The van der Waals surface area contributed by atoms with E-state index >= 15 is 0 Å². The summed E-state index contributed by atoms with van der Waals surface area (Å²) in [7, 11) is 0. The first kappa shape index (κ1) is 17.6. The lowest BCUT2D eigenvalue weighted by atomic mass is 10.1. The zero-order valence-corrected chi connectivity index (χ0v) is 14.7. The second kappa shape index (κ2) is 8.25. The molecular formula is C21H21N3O2. The Labute approximate surface area is 152 Å². The highest BCUT2D eigenvalue weighted by molar-refractivity contribution is 5.75. The van der Waals surface area contributed by atoms with E-state index in [0.29, 0.717) is 12.2 Å². The van der Waals surface area contributed by atoms with Crippen molar-refractivity contribution in [1.29, 1.82) is 0 Å². The first-order chi connectivity index (χ1) is 12.6. The number of carbonyl (C=O) groups is 1. The molecule has 1 heterocycles. The van der Waals surface area contributed by atoms with Crippen molar-refractivity contribution in [2.24, 2.45) is 0 Å². The van der Waals surface area contributed by atoms with Crippen molar-refractivity contribution in [1.82, 2.24) is 15.1 Å². The topological polar surface area (TPSA) is 64.0 Å². The summed E-state index contributed by atoms with van der Waals surface area (Å²) in [4.78, 5) is 24.1. The number of aromatic nitrogens is 2. The van der Waals surface area contributed by atoms with Gasteiger partial charge in [0.25, 0.3) is 5.56 Å². The van der Waals surface area contributed by atoms with Crippen LogP contribution < -0.4 is 10.9 Å². The minimum atomic E-state index is -0.293. The zero-order valence-electron chi connectivity index (χ0n) is 14.7. The fourth-order valence-electron chi connectivity index (χ4n) is 2.62. The fourth-order valence-corrected chi connectivity index (χ4v) is 2.62. The van der Waals surface area contributed by atoms with Crippen LogP contribution in [0.4, 0.5) is 0 Å². The minimum Gasteiger partial charge on any atom is -0.354 e. The average molecular weight is 347 g/mol. The van der Waals surface area contributed by atoms with E-state index in [1.165, 1.54) is 16.3 Å². The molecule has 0 aliphatic carbocycles. The maximum atomic E-state index is 12.1. The molecule has 2 aromatic carbocycles. The van der Waals surface area contributed by atoms with Gasteiger partial charge >= 0.3 is 0 Å². The van der Waals surface area contributed by atoms with E-state index in [2.05, 4.69) is 34.7 Å². The van der Waals surface area contributed by atoms with Crippen molar-refractivity contribution in [2.75, 3.05) is 6.54 Å². The second-order valence-electron chi connectivity index (χ2n) is 6.17. The summed E-state index contributed by atoms with van der Waals surface area (Å²) in [5.74, 6) is -0.225. The van der Waals surface area contributed by atoms with Crippen LogP contribution in [0.5, 0.6) is 0 Å². The molecule has 0 atom stereocenters. The number of carbonyl (C=O) groups excluding carboxylic acids is 1. The maximum absolute atomic E-state index is 12.1. The number of benzene rings is 2. The lowest BCUT2D eigenvalue weighted by Crippen LogP contribution is -2.34. The summed E-state index contributed by atoms with van der Waals surface area (Å²) in [5, 5.41) is 7.14. The predicted octanol–water partition coefficient (Wildman–Crippen LogP) is 2.58. The van der Waals surface area contributed by atoms with Gasteiger partial charge in [-0.25, -0.2) is 4.68 Å². The largest absolute Gasteiger partial charge is 0.354 e. The normalized spacial score (nSPS) is 10.5. The fraction of sp³-hybridized carbons (Fsp3) is 0.190. The van der Waals surface area contributed by atoms with Crippen LogP contribution in [-0.2, 0) is 17.8 Å². The number of amides is 1. The van der Waals surface area contributed by atoms with Crippen LogP contribution in [0.1, 0.15) is 11.1 Å². The van der Waals surface area contributed by atoms with Crippen LogP contribution in [0.15, 0.2) is 71.5 Å². The van der Waals surface area contributed by atoms with Gasteiger partial charge in [0.05, 0.1) is 5.69 Å². The third-order valence-corrected chi connectivity index (χ3v) is 4.09. The molecule has 0 radical (unpaired) electrons. The number of nitrogens with zero attached hydrogens (tertiary/aromatic N) is 2. The van der Waals surface area contributed by atoms with Crippen molar-refractivity contribution < 1.29 is 4.79 Å². The molecule has 0 saturated carbocycles. The molecule has 26 heavy (non-hydrogen) atoms. The Bertz CT molecular complexity index is 931. The van der Waals surface area contributed by atoms with E-state index < -0.39 is 0 Å². The predicted molar refractivity (Wildman–Crippen MR) is 102 cm³/mol. The van der Waals surface area contributed by atoms with Crippen LogP contribution in [-0.4, -0.2) is 22.2 Å². The van der Waals surface area contributed by atoms with E-state index in [1.807, 2.05) is 37.3 Å². The molecule has 0 saturated heterocycles. The van der Waals surface area contributed by atoms with Gasteiger partial charge in [0.15, 0.2) is 0 Å². The molecule has 1 N–H and O–H groups in total. The Morgan fingerprint density at radius 3 is 2.46 bits per heavy atom. The molecular weight excluding hydrogens is 326 g/mol. The minimum absolute atomic E-state index is 0.0899. The SMILES string of the molecule is Cc1ccc(CCNC(=O)Cn2nc(-c3ccccc3)ccc2=O)cc1. The van der Waals surface area contributed by atoms with Crippen molar-refractivity contribution in [3.8, 4) is 11.3 Å². The average Bonchev–Trinajstić information content (AvgIpc) is 2.66.